The maximum Gasteiger partial charge on any atom is 0.171 e. The maximum atomic E-state index is 8.92. The first-order valence-corrected chi connectivity index (χ1v) is 9.14. The minimum atomic E-state index is -0.0271. The Balaban J connectivity index is 1.92. The molecule has 0 atom stereocenters. The number of imidazole rings is 1. The monoisotopic (exact) mass is 382 g/mol. The number of aromatic nitrogens is 2. The molecule has 7 heteroatoms. The smallest absolute Gasteiger partial charge is 0.171 e. The van der Waals surface area contributed by atoms with Crippen LogP contribution in [0.25, 0.3) is 11.0 Å². The van der Waals surface area contributed by atoms with E-state index in [0.29, 0.717) is 15.6 Å². The molecule has 0 saturated heterocycles. The number of hydrogen-bond acceptors (Lipinski definition) is 4. The molecule has 4 nitrogen and oxygen atoms in total. The summed E-state index contributed by atoms with van der Waals surface area (Å²) < 4.78 is 7.41. The van der Waals surface area contributed by atoms with Crippen LogP contribution in [0.5, 0.6) is 0 Å². The normalized spacial score (nSPS) is 11.3. The van der Waals surface area contributed by atoms with Gasteiger partial charge in [-0.3, -0.25) is 4.57 Å². The van der Waals surface area contributed by atoms with E-state index >= 15 is 0 Å². The molecule has 3 rings (SSSR count). The van der Waals surface area contributed by atoms with Gasteiger partial charge in [0.15, 0.2) is 5.16 Å². The summed E-state index contributed by atoms with van der Waals surface area (Å²) in [5.74, 6) is 0.787. The fraction of sp³-hybridized carbons (Fsp3) is 0.235. The number of aliphatic hydroxyl groups is 1. The number of benzene rings is 2. The van der Waals surface area contributed by atoms with Crippen LogP contribution in [0, 0.1) is 0 Å². The number of rotatable bonds is 7. The van der Waals surface area contributed by atoms with Crippen LogP contribution in [0.15, 0.2) is 47.6 Å². The lowest BCUT2D eigenvalue weighted by atomic mass is 10.2. The van der Waals surface area contributed by atoms with Crippen LogP contribution >= 0.6 is 35.0 Å². The van der Waals surface area contributed by atoms with Crippen LogP contribution in [0.1, 0.15) is 5.56 Å². The topological polar surface area (TPSA) is 47.3 Å². The highest BCUT2D eigenvalue weighted by Gasteiger charge is 2.15. The number of nitrogens with zero attached hydrogens (tertiary/aromatic N) is 2. The number of thioether (sulfide) groups is 1. The van der Waals surface area contributed by atoms with Crippen molar-refractivity contribution in [1.29, 1.82) is 0 Å². The van der Waals surface area contributed by atoms with Crippen LogP contribution in [0.2, 0.25) is 10.0 Å². The molecule has 0 aliphatic carbocycles. The van der Waals surface area contributed by atoms with Crippen molar-refractivity contribution in [3.05, 3.63) is 58.1 Å². The first-order chi connectivity index (χ1) is 11.7. The third kappa shape index (κ3) is 4.05. The van der Waals surface area contributed by atoms with Gasteiger partial charge in [0.2, 0.25) is 0 Å². The zero-order valence-electron chi connectivity index (χ0n) is 12.8. The summed E-state index contributed by atoms with van der Waals surface area (Å²) in [6, 6.07) is 13.7. The van der Waals surface area contributed by atoms with Crippen molar-refractivity contribution in [2.75, 3.05) is 13.2 Å². The van der Waals surface area contributed by atoms with Gasteiger partial charge in [0.25, 0.3) is 0 Å². The summed E-state index contributed by atoms with van der Waals surface area (Å²) in [6.07, 6.45) is 0. The Morgan fingerprint density at radius 3 is 2.71 bits per heavy atom. The van der Waals surface area contributed by atoms with Crippen molar-refractivity contribution in [3.63, 3.8) is 0 Å². The first kappa shape index (κ1) is 17.6. The first-order valence-electron chi connectivity index (χ1n) is 7.39. The quantitative estimate of drug-likeness (QED) is 0.479. The highest BCUT2D eigenvalue weighted by molar-refractivity contribution is 7.98. The van der Waals surface area contributed by atoms with Crippen LogP contribution < -0.4 is 0 Å². The highest BCUT2D eigenvalue weighted by Crippen LogP contribution is 2.32. The number of ether oxygens (including phenoxy) is 1. The van der Waals surface area contributed by atoms with Crippen molar-refractivity contribution in [2.24, 2.45) is 0 Å². The molecule has 0 unspecified atom stereocenters. The molecule has 0 aliphatic rings. The molecule has 0 aliphatic heterocycles. The molecule has 24 heavy (non-hydrogen) atoms. The minimum absolute atomic E-state index is 0.0271. The summed E-state index contributed by atoms with van der Waals surface area (Å²) in [6.45, 7) is 0.516. The molecule has 0 radical (unpaired) electrons. The van der Waals surface area contributed by atoms with Gasteiger partial charge in [-0.05, 0) is 17.7 Å². The predicted molar refractivity (Wildman–Crippen MR) is 98.8 cm³/mol. The zero-order valence-corrected chi connectivity index (χ0v) is 15.1. The van der Waals surface area contributed by atoms with Gasteiger partial charge in [-0.2, -0.15) is 0 Å². The van der Waals surface area contributed by atoms with Crippen molar-refractivity contribution in [1.82, 2.24) is 9.55 Å². The Morgan fingerprint density at radius 2 is 1.96 bits per heavy atom. The summed E-state index contributed by atoms with van der Waals surface area (Å²) in [5.41, 5.74) is 2.73. The molecule has 126 valence electrons. The van der Waals surface area contributed by atoms with Gasteiger partial charge in [-0.15, -0.1) is 0 Å². The summed E-state index contributed by atoms with van der Waals surface area (Å²) >= 11 is 14.0. The van der Waals surface area contributed by atoms with Gasteiger partial charge in [0, 0.05) is 10.8 Å². The van der Waals surface area contributed by atoms with Gasteiger partial charge in [0.1, 0.15) is 12.2 Å². The van der Waals surface area contributed by atoms with Crippen molar-refractivity contribution in [3.8, 4) is 0 Å². The average Bonchev–Trinajstić information content (AvgIpc) is 2.92. The fourth-order valence-corrected chi connectivity index (χ4v) is 3.78. The van der Waals surface area contributed by atoms with E-state index < -0.39 is 0 Å². The molecule has 2 aromatic carbocycles. The Kier molecular flexibility index (Phi) is 6.03. The number of hydrogen-bond donors (Lipinski definition) is 1. The van der Waals surface area contributed by atoms with E-state index in [1.807, 2.05) is 28.8 Å². The molecule has 1 N–H and O–H groups in total. The van der Waals surface area contributed by atoms with Gasteiger partial charge in [-0.1, -0.05) is 65.3 Å². The lowest BCUT2D eigenvalue weighted by Crippen LogP contribution is -2.07. The van der Waals surface area contributed by atoms with Gasteiger partial charge >= 0.3 is 0 Å². The summed E-state index contributed by atoms with van der Waals surface area (Å²) in [7, 11) is 0. The lowest BCUT2D eigenvalue weighted by Gasteiger charge is -2.09. The number of halogens is 2. The molecule has 3 aromatic rings. The third-order valence-electron chi connectivity index (χ3n) is 3.40. The second-order valence-electron chi connectivity index (χ2n) is 5.11. The standard InChI is InChI=1S/C17H16Cl2N2O2S/c18-13-8-14(19)16-15(9-13)21(11-23-7-6-22)17(20-16)24-10-12-4-2-1-3-5-12/h1-5,8-9,22H,6-7,10-11H2. The zero-order chi connectivity index (χ0) is 16.9. The van der Waals surface area contributed by atoms with Crippen LogP contribution in [-0.4, -0.2) is 27.9 Å². The summed E-state index contributed by atoms with van der Waals surface area (Å²) in [5, 5.41) is 10.8. The van der Waals surface area contributed by atoms with Crippen LogP contribution in [0.4, 0.5) is 0 Å². The van der Waals surface area contributed by atoms with Gasteiger partial charge in [0.05, 0.1) is 23.8 Å². The molecule has 0 saturated carbocycles. The molecule has 1 heterocycles. The Bertz CT molecular complexity index is 824. The highest BCUT2D eigenvalue weighted by atomic mass is 35.5. The third-order valence-corrected chi connectivity index (χ3v) is 4.96. The summed E-state index contributed by atoms with van der Waals surface area (Å²) in [4.78, 5) is 4.64. The van der Waals surface area contributed by atoms with E-state index in [1.165, 1.54) is 5.56 Å². The van der Waals surface area contributed by atoms with Gasteiger partial charge in [-0.25, -0.2) is 4.98 Å². The Morgan fingerprint density at radius 1 is 1.17 bits per heavy atom. The number of aliphatic hydroxyl groups excluding tert-OH is 1. The van der Waals surface area contributed by atoms with E-state index in [0.717, 1.165) is 16.4 Å². The van der Waals surface area contributed by atoms with Crippen molar-refractivity contribution < 1.29 is 9.84 Å². The fourth-order valence-electron chi connectivity index (χ4n) is 2.31. The Labute approximate surface area is 154 Å². The van der Waals surface area contributed by atoms with E-state index in [4.69, 9.17) is 33.0 Å². The number of fused-ring (bicyclic) bond motifs is 1. The molecule has 1 aromatic heterocycles. The second-order valence-corrected chi connectivity index (χ2v) is 6.90. The van der Waals surface area contributed by atoms with Crippen molar-refractivity contribution in [2.45, 2.75) is 17.6 Å². The minimum Gasteiger partial charge on any atom is -0.394 e. The van der Waals surface area contributed by atoms with Gasteiger partial charge < -0.3 is 9.84 Å². The SMILES string of the molecule is OCCOCn1c(SCc2ccccc2)nc2c(Cl)cc(Cl)cc21. The molecular weight excluding hydrogens is 367 g/mol. The predicted octanol–water partition coefficient (Wildman–Crippen LogP) is 4.60. The average molecular weight is 383 g/mol. The van der Waals surface area contributed by atoms with E-state index in [9.17, 15) is 0 Å². The van der Waals surface area contributed by atoms with E-state index in [1.54, 1.807) is 17.8 Å². The molecular formula is C17H16Cl2N2O2S. The van der Waals surface area contributed by atoms with E-state index in [-0.39, 0.29) is 19.9 Å². The van der Waals surface area contributed by atoms with E-state index in [2.05, 4.69) is 17.1 Å². The lowest BCUT2D eigenvalue weighted by molar-refractivity contribution is 0.0461. The molecule has 0 spiro atoms. The second kappa shape index (κ2) is 8.23. The van der Waals surface area contributed by atoms with Crippen LogP contribution in [0.3, 0.4) is 0 Å². The largest absolute Gasteiger partial charge is 0.394 e. The van der Waals surface area contributed by atoms with Crippen molar-refractivity contribution >= 4 is 46.0 Å². The Hall–Kier alpha value is -1.24. The molecule has 0 fully saturated rings. The molecule has 0 amide bonds. The maximum absolute atomic E-state index is 8.92. The molecule has 0 bridgehead atoms. The van der Waals surface area contributed by atoms with Crippen LogP contribution in [-0.2, 0) is 17.2 Å².